The van der Waals surface area contributed by atoms with E-state index in [1.54, 1.807) is 0 Å². The highest BCUT2D eigenvalue weighted by Crippen LogP contribution is 2.25. The van der Waals surface area contributed by atoms with Crippen LogP contribution in [-0.2, 0) is 10.0 Å². The van der Waals surface area contributed by atoms with Gasteiger partial charge in [-0.25, -0.2) is 17.9 Å². The second kappa shape index (κ2) is 5.80. The van der Waals surface area contributed by atoms with E-state index in [1.807, 2.05) is 20.8 Å². The summed E-state index contributed by atoms with van der Waals surface area (Å²) in [6.45, 7) is 6.18. The number of aromatic carboxylic acids is 1. The summed E-state index contributed by atoms with van der Waals surface area (Å²) >= 11 is 0. The van der Waals surface area contributed by atoms with Gasteiger partial charge in [-0.15, -0.1) is 0 Å². The van der Waals surface area contributed by atoms with E-state index < -0.39 is 16.0 Å². The molecule has 0 radical (unpaired) electrons. The molecule has 1 aromatic carbocycles. The van der Waals surface area contributed by atoms with Gasteiger partial charge in [0.1, 0.15) is 11.3 Å². The van der Waals surface area contributed by atoms with Crippen molar-refractivity contribution in [2.45, 2.75) is 25.7 Å². The highest BCUT2D eigenvalue weighted by atomic mass is 32.2. The fourth-order valence-electron chi connectivity index (χ4n) is 1.38. The van der Waals surface area contributed by atoms with Crippen LogP contribution in [0.2, 0.25) is 0 Å². The molecule has 0 unspecified atom stereocenters. The molecule has 0 aliphatic heterocycles. The monoisotopic (exact) mass is 301 g/mol. The van der Waals surface area contributed by atoms with Crippen molar-refractivity contribution in [3.63, 3.8) is 0 Å². The van der Waals surface area contributed by atoms with Gasteiger partial charge in [0.25, 0.3) is 0 Å². The number of benzene rings is 1. The molecular formula is C13H19NO5S. The fourth-order valence-corrected chi connectivity index (χ4v) is 2.14. The predicted molar refractivity (Wildman–Crippen MR) is 74.6 cm³/mol. The van der Waals surface area contributed by atoms with Crippen molar-refractivity contribution in [2.75, 3.05) is 13.7 Å². The van der Waals surface area contributed by atoms with Gasteiger partial charge in [0.05, 0.1) is 11.5 Å². The Morgan fingerprint density at radius 1 is 1.35 bits per heavy atom. The molecule has 0 aromatic heterocycles. The molecule has 0 saturated heterocycles. The maximum atomic E-state index is 11.7. The SMILES string of the molecule is CNS(=O)(=O)c1ccc(OCC(C)(C)C)c(C(=O)O)c1. The lowest BCUT2D eigenvalue weighted by molar-refractivity contribution is 0.0689. The molecule has 1 rings (SSSR count). The minimum atomic E-state index is -3.68. The van der Waals surface area contributed by atoms with Gasteiger partial charge in [-0.05, 0) is 30.7 Å². The standard InChI is InChI=1S/C13H19NO5S/c1-13(2,3)8-19-11-6-5-9(20(17,18)14-4)7-10(11)12(15)16/h5-7,14H,8H2,1-4H3,(H,15,16). The first-order valence-corrected chi connectivity index (χ1v) is 7.49. The van der Waals surface area contributed by atoms with Crippen molar-refractivity contribution in [3.05, 3.63) is 23.8 Å². The molecule has 0 bridgehead atoms. The molecule has 7 heteroatoms. The molecule has 0 atom stereocenters. The van der Waals surface area contributed by atoms with E-state index in [4.69, 9.17) is 9.84 Å². The van der Waals surface area contributed by atoms with E-state index in [0.717, 1.165) is 6.07 Å². The second-order valence-electron chi connectivity index (χ2n) is 5.52. The summed E-state index contributed by atoms with van der Waals surface area (Å²) in [6.07, 6.45) is 0. The number of ether oxygens (including phenoxy) is 1. The van der Waals surface area contributed by atoms with Crippen molar-refractivity contribution < 1.29 is 23.1 Å². The van der Waals surface area contributed by atoms with Crippen LogP contribution in [0.4, 0.5) is 0 Å². The topological polar surface area (TPSA) is 92.7 Å². The molecule has 112 valence electrons. The minimum absolute atomic E-state index is 0.111. The Balaban J connectivity index is 3.19. The summed E-state index contributed by atoms with van der Waals surface area (Å²) in [5.74, 6) is -1.08. The lowest BCUT2D eigenvalue weighted by atomic mass is 9.98. The Kier molecular flexibility index (Phi) is 4.77. The van der Waals surface area contributed by atoms with Crippen LogP contribution in [0.3, 0.4) is 0 Å². The first-order chi connectivity index (χ1) is 9.07. The highest BCUT2D eigenvalue weighted by Gasteiger charge is 2.20. The maximum Gasteiger partial charge on any atom is 0.339 e. The number of carboxylic acids is 1. The molecule has 0 spiro atoms. The summed E-state index contributed by atoms with van der Waals surface area (Å²) in [6, 6.07) is 3.77. The first kappa shape index (κ1) is 16.5. The molecule has 0 aliphatic carbocycles. The Morgan fingerprint density at radius 2 is 1.95 bits per heavy atom. The predicted octanol–water partition coefficient (Wildman–Crippen LogP) is 1.72. The van der Waals surface area contributed by atoms with Gasteiger partial charge in [0.2, 0.25) is 10.0 Å². The molecule has 6 nitrogen and oxygen atoms in total. The largest absolute Gasteiger partial charge is 0.492 e. The summed E-state index contributed by atoms with van der Waals surface area (Å²) in [5, 5.41) is 9.16. The van der Waals surface area contributed by atoms with Crippen LogP contribution in [0.15, 0.2) is 23.1 Å². The number of sulfonamides is 1. The van der Waals surface area contributed by atoms with Crippen molar-refractivity contribution in [1.82, 2.24) is 4.72 Å². The zero-order valence-corrected chi connectivity index (χ0v) is 12.7. The number of carbonyl (C=O) groups is 1. The lowest BCUT2D eigenvalue weighted by Gasteiger charge is -2.20. The summed E-state index contributed by atoms with van der Waals surface area (Å²) in [4.78, 5) is 11.1. The third kappa shape index (κ3) is 4.21. The molecule has 20 heavy (non-hydrogen) atoms. The molecule has 0 saturated carbocycles. The van der Waals surface area contributed by atoms with Crippen LogP contribution in [0.5, 0.6) is 5.75 Å². The van der Waals surface area contributed by atoms with E-state index in [9.17, 15) is 13.2 Å². The van der Waals surface area contributed by atoms with E-state index in [0.29, 0.717) is 6.61 Å². The molecule has 0 heterocycles. The van der Waals surface area contributed by atoms with Crippen molar-refractivity contribution in [1.29, 1.82) is 0 Å². The Labute approximate surface area is 118 Å². The average Bonchev–Trinajstić information content (AvgIpc) is 2.35. The van der Waals surface area contributed by atoms with Crippen LogP contribution in [-0.4, -0.2) is 33.1 Å². The highest BCUT2D eigenvalue weighted by molar-refractivity contribution is 7.89. The zero-order valence-electron chi connectivity index (χ0n) is 11.9. The number of hydrogen-bond acceptors (Lipinski definition) is 4. The summed E-state index contributed by atoms with van der Waals surface area (Å²) in [5.41, 5.74) is -0.309. The number of nitrogens with one attached hydrogen (secondary N) is 1. The third-order valence-electron chi connectivity index (χ3n) is 2.42. The van der Waals surface area contributed by atoms with Crippen LogP contribution in [0.1, 0.15) is 31.1 Å². The Hall–Kier alpha value is -1.60. The van der Waals surface area contributed by atoms with E-state index in [2.05, 4.69) is 4.72 Å². The molecule has 1 aromatic rings. The van der Waals surface area contributed by atoms with Crippen molar-refractivity contribution >= 4 is 16.0 Å². The summed E-state index contributed by atoms with van der Waals surface area (Å²) < 4.78 is 30.9. The van der Waals surface area contributed by atoms with Crippen LogP contribution in [0.25, 0.3) is 0 Å². The van der Waals surface area contributed by atoms with Gasteiger partial charge in [-0.3, -0.25) is 0 Å². The zero-order chi connectivity index (χ0) is 15.6. The van der Waals surface area contributed by atoms with Crippen molar-refractivity contribution in [3.8, 4) is 5.75 Å². The minimum Gasteiger partial charge on any atom is -0.492 e. The van der Waals surface area contributed by atoms with E-state index >= 15 is 0 Å². The molecule has 0 aliphatic rings. The molecular weight excluding hydrogens is 282 g/mol. The Morgan fingerprint density at radius 3 is 2.40 bits per heavy atom. The first-order valence-electron chi connectivity index (χ1n) is 6.00. The smallest absolute Gasteiger partial charge is 0.339 e. The van der Waals surface area contributed by atoms with Gasteiger partial charge in [0.15, 0.2) is 0 Å². The Bertz CT molecular complexity index is 602. The fraction of sp³-hybridized carbons (Fsp3) is 0.462. The van der Waals surface area contributed by atoms with Crippen molar-refractivity contribution in [2.24, 2.45) is 5.41 Å². The van der Waals surface area contributed by atoms with Gasteiger partial charge in [-0.1, -0.05) is 20.8 Å². The van der Waals surface area contributed by atoms with E-state index in [1.165, 1.54) is 19.2 Å². The average molecular weight is 301 g/mol. The second-order valence-corrected chi connectivity index (χ2v) is 7.41. The van der Waals surface area contributed by atoms with Gasteiger partial charge in [-0.2, -0.15) is 0 Å². The van der Waals surface area contributed by atoms with Gasteiger partial charge in [0, 0.05) is 0 Å². The molecule has 2 N–H and O–H groups in total. The number of carboxylic acid groups (broad SMARTS) is 1. The lowest BCUT2D eigenvalue weighted by Crippen LogP contribution is -2.20. The third-order valence-corrected chi connectivity index (χ3v) is 3.83. The van der Waals surface area contributed by atoms with Crippen LogP contribution < -0.4 is 9.46 Å². The normalized spacial score (nSPS) is 12.2. The number of rotatable bonds is 5. The van der Waals surface area contributed by atoms with Gasteiger partial charge < -0.3 is 9.84 Å². The van der Waals surface area contributed by atoms with Gasteiger partial charge >= 0.3 is 5.97 Å². The molecule has 0 fully saturated rings. The number of hydrogen-bond donors (Lipinski definition) is 2. The van der Waals surface area contributed by atoms with E-state index in [-0.39, 0.29) is 21.6 Å². The molecule has 0 amide bonds. The van der Waals surface area contributed by atoms with Crippen LogP contribution in [0, 0.1) is 5.41 Å². The summed E-state index contributed by atoms with van der Waals surface area (Å²) in [7, 11) is -2.42. The quantitative estimate of drug-likeness (QED) is 0.863. The maximum absolute atomic E-state index is 11.7. The van der Waals surface area contributed by atoms with Crippen LogP contribution >= 0.6 is 0 Å².